The SMILES string of the molecule is Cc1ccc(-c2noc(C3CCCCC3(C)N)n2)cc1F.Cl. The third-order valence-corrected chi connectivity index (χ3v) is 4.42. The Hall–Kier alpha value is -1.46. The number of rotatable bonds is 2. The fourth-order valence-electron chi connectivity index (χ4n) is 2.99. The van der Waals surface area contributed by atoms with E-state index in [4.69, 9.17) is 10.3 Å². The van der Waals surface area contributed by atoms with E-state index < -0.39 is 0 Å². The van der Waals surface area contributed by atoms with Gasteiger partial charge in [0.1, 0.15) is 5.82 Å². The van der Waals surface area contributed by atoms with Crippen molar-refractivity contribution < 1.29 is 8.91 Å². The van der Waals surface area contributed by atoms with Crippen molar-refractivity contribution in [1.29, 1.82) is 0 Å². The van der Waals surface area contributed by atoms with E-state index in [0.717, 1.165) is 25.7 Å². The van der Waals surface area contributed by atoms with Crippen LogP contribution in [0.2, 0.25) is 0 Å². The molecule has 2 aromatic rings. The van der Waals surface area contributed by atoms with Gasteiger partial charge in [-0.15, -0.1) is 12.4 Å². The van der Waals surface area contributed by atoms with E-state index >= 15 is 0 Å². The van der Waals surface area contributed by atoms with Gasteiger partial charge in [0.25, 0.3) is 0 Å². The zero-order chi connectivity index (χ0) is 15.0. The Morgan fingerprint density at radius 1 is 1.36 bits per heavy atom. The zero-order valence-electron chi connectivity index (χ0n) is 12.8. The minimum Gasteiger partial charge on any atom is -0.339 e. The van der Waals surface area contributed by atoms with E-state index in [1.807, 2.05) is 6.92 Å². The summed E-state index contributed by atoms with van der Waals surface area (Å²) in [6, 6.07) is 4.95. The predicted octanol–water partition coefficient (Wildman–Crippen LogP) is 3.98. The molecule has 0 spiro atoms. The second-order valence-corrected chi connectivity index (χ2v) is 6.22. The van der Waals surface area contributed by atoms with E-state index in [1.165, 1.54) is 6.07 Å². The summed E-state index contributed by atoms with van der Waals surface area (Å²) in [7, 11) is 0. The van der Waals surface area contributed by atoms with Crippen molar-refractivity contribution >= 4 is 12.4 Å². The molecule has 1 aliphatic carbocycles. The number of hydrogen-bond donors (Lipinski definition) is 1. The number of hydrogen-bond acceptors (Lipinski definition) is 4. The number of aromatic nitrogens is 2. The molecule has 0 bridgehead atoms. The van der Waals surface area contributed by atoms with Crippen LogP contribution in [-0.4, -0.2) is 15.7 Å². The third kappa shape index (κ3) is 3.15. The number of aryl methyl sites for hydroxylation is 1. The van der Waals surface area contributed by atoms with E-state index in [0.29, 0.717) is 22.8 Å². The van der Waals surface area contributed by atoms with Gasteiger partial charge in [0.05, 0.1) is 5.92 Å². The number of nitrogens with zero attached hydrogens (tertiary/aromatic N) is 2. The molecule has 0 amide bonds. The average molecular weight is 326 g/mol. The second kappa shape index (κ2) is 6.34. The molecule has 1 fully saturated rings. The summed E-state index contributed by atoms with van der Waals surface area (Å²) in [5.74, 6) is 0.795. The van der Waals surface area contributed by atoms with Crippen LogP contribution in [0.4, 0.5) is 4.39 Å². The van der Waals surface area contributed by atoms with Gasteiger partial charge in [0, 0.05) is 11.1 Å². The Morgan fingerprint density at radius 2 is 2.14 bits per heavy atom. The van der Waals surface area contributed by atoms with Crippen LogP contribution in [-0.2, 0) is 0 Å². The molecular formula is C16H21ClFN3O. The monoisotopic (exact) mass is 325 g/mol. The maximum Gasteiger partial charge on any atom is 0.231 e. The number of nitrogens with two attached hydrogens (primary N) is 1. The quantitative estimate of drug-likeness (QED) is 0.907. The van der Waals surface area contributed by atoms with Crippen molar-refractivity contribution in [2.24, 2.45) is 5.73 Å². The standard InChI is InChI=1S/C16H20FN3O.ClH/c1-10-6-7-11(9-13(10)17)14-19-15(21-20-14)12-5-3-4-8-16(12,2)18;/h6-7,9,12H,3-5,8,18H2,1-2H3;1H. The lowest BCUT2D eigenvalue weighted by molar-refractivity contribution is 0.223. The van der Waals surface area contributed by atoms with Crippen LogP contribution in [0, 0.1) is 12.7 Å². The fourth-order valence-corrected chi connectivity index (χ4v) is 2.99. The molecule has 120 valence electrons. The van der Waals surface area contributed by atoms with E-state index in [9.17, 15) is 4.39 Å². The Bertz CT molecular complexity index is 657. The summed E-state index contributed by atoms with van der Waals surface area (Å²) in [5, 5.41) is 3.99. The molecule has 6 heteroatoms. The van der Waals surface area contributed by atoms with Crippen LogP contribution in [0.3, 0.4) is 0 Å². The Morgan fingerprint density at radius 3 is 2.82 bits per heavy atom. The lowest BCUT2D eigenvalue weighted by Gasteiger charge is -2.35. The molecule has 2 unspecified atom stereocenters. The van der Waals surface area contributed by atoms with Crippen molar-refractivity contribution in [1.82, 2.24) is 10.1 Å². The van der Waals surface area contributed by atoms with Gasteiger partial charge in [-0.1, -0.05) is 30.1 Å². The summed E-state index contributed by atoms with van der Waals surface area (Å²) < 4.78 is 19.0. The summed E-state index contributed by atoms with van der Waals surface area (Å²) >= 11 is 0. The van der Waals surface area contributed by atoms with Crippen LogP contribution >= 0.6 is 12.4 Å². The molecular weight excluding hydrogens is 305 g/mol. The van der Waals surface area contributed by atoms with Gasteiger partial charge in [-0.25, -0.2) is 4.39 Å². The van der Waals surface area contributed by atoms with Gasteiger partial charge in [-0.05, 0) is 38.3 Å². The third-order valence-electron chi connectivity index (χ3n) is 4.42. The Labute approximate surface area is 135 Å². The van der Waals surface area contributed by atoms with Crippen molar-refractivity contribution in [3.8, 4) is 11.4 Å². The highest BCUT2D eigenvalue weighted by atomic mass is 35.5. The maximum absolute atomic E-state index is 13.6. The van der Waals surface area contributed by atoms with Gasteiger partial charge < -0.3 is 10.3 Å². The molecule has 22 heavy (non-hydrogen) atoms. The number of benzene rings is 1. The smallest absolute Gasteiger partial charge is 0.231 e. The fraction of sp³-hybridized carbons (Fsp3) is 0.500. The first kappa shape index (κ1) is 16.9. The topological polar surface area (TPSA) is 64.9 Å². The lowest BCUT2D eigenvalue weighted by Crippen LogP contribution is -2.44. The minimum atomic E-state index is -0.319. The molecule has 0 saturated heterocycles. The summed E-state index contributed by atoms with van der Waals surface area (Å²) in [4.78, 5) is 4.45. The van der Waals surface area contributed by atoms with Crippen molar-refractivity contribution in [3.05, 3.63) is 35.5 Å². The van der Waals surface area contributed by atoms with Crippen LogP contribution in [0.25, 0.3) is 11.4 Å². The number of halogens is 2. The summed E-state index contributed by atoms with van der Waals surface area (Å²) in [5.41, 5.74) is 7.27. The largest absolute Gasteiger partial charge is 0.339 e. The molecule has 1 aromatic heterocycles. The summed E-state index contributed by atoms with van der Waals surface area (Å²) in [6.45, 7) is 3.76. The zero-order valence-corrected chi connectivity index (χ0v) is 13.6. The molecule has 2 N–H and O–H groups in total. The van der Waals surface area contributed by atoms with Gasteiger partial charge >= 0.3 is 0 Å². The highest BCUT2D eigenvalue weighted by molar-refractivity contribution is 5.85. The van der Waals surface area contributed by atoms with Crippen LogP contribution in [0.1, 0.15) is 50.0 Å². The van der Waals surface area contributed by atoms with Crippen LogP contribution < -0.4 is 5.73 Å². The Kier molecular flexibility index (Phi) is 4.87. The molecule has 3 rings (SSSR count). The van der Waals surface area contributed by atoms with Crippen molar-refractivity contribution in [2.75, 3.05) is 0 Å². The van der Waals surface area contributed by atoms with Crippen molar-refractivity contribution in [3.63, 3.8) is 0 Å². The van der Waals surface area contributed by atoms with Crippen LogP contribution in [0.5, 0.6) is 0 Å². The molecule has 0 aliphatic heterocycles. The molecule has 1 heterocycles. The molecule has 1 saturated carbocycles. The predicted molar refractivity (Wildman–Crippen MR) is 85.5 cm³/mol. The molecule has 1 aromatic carbocycles. The second-order valence-electron chi connectivity index (χ2n) is 6.22. The normalized spacial score (nSPS) is 24.8. The molecule has 2 atom stereocenters. The van der Waals surface area contributed by atoms with Crippen molar-refractivity contribution in [2.45, 2.75) is 51.0 Å². The maximum atomic E-state index is 13.6. The minimum absolute atomic E-state index is 0. The van der Waals surface area contributed by atoms with Crippen LogP contribution in [0.15, 0.2) is 22.7 Å². The average Bonchev–Trinajstić information content (AvgIpc) is 2.91. The van der Waals surface area contributed by atoms with Gasteiger partial charge in [-0.2, -0.15) is 4.98 Å². The highest BCUT2D eigenvalue weighted by Crippen LogP contribution is 2.38. The molecule has 1 aliphatic rings. The van der Waals surface area contributed by atoms with Gasteiger partial charge in [0.15, 0.2) is 0 Å². The Balaban J connectivity index is 0.00000176. The van der Waals surface area contributed by atoms with E-state index in [2.05, 4.69) is 10.1 Å². The van der Waals surface area contributed by atoms with E-state index in [-0.39, 0.29) is 29.7 Å². The summed E-state index contributed by atoms with van der Waals surface area (Å²) in [6.07, 6.45) is 4.16. The molecule has 4 nitrogen and oxygen atoms in total. The molecule has 0 radical (unpaired) electrons. The van der Waals surface area contributed by atoms with E-state index in [1.54, 1.807) is 19.1 Å². The lowest BCUT2D eigenvalue weighted by atomic mass is 9.74. The first-order chi connectivity index (χ1) is 9.97. The first-order valence-corrected chi connectivity index (χ1v) is 7.36. The van der Waals surface area contributed by atoms with Gasteiger partial charge in [0.2, 0.25) is 11.7 Å². The van der Waals surface area contributed by atoms with Gasteiger partial charge in [-0.3, -0.25) is 0 Å². The first-order valence-electron chi connectivity index (χ1n) is 7.36. The highest BCUT2D eigenvalue weighted by Gasteiger charge is 2.37.